The molecule has 2 bridgehead atoms. The Morgan fingerprint density at radius 2 is 1.70 bits per heavy atom. The number of piperazine rings is 1. The molecule has 4 heterocycles. The number of fused-ring (bicyclic) bond motifs is 4. The van der Waals surface area contributed by atoms with Gasteiger partial charge in [-0.1, -0.05) is 66.7 Å². The summed E-state index contributed by atoms with van der Waals surface area (Å²) in [5.74, 6) is -0.966. The lowest BCUT2D eigenvalue weighted by Gasteiger charge is -2.50. The summed E-state index contributed by atoms with van der Waals surface area (Å²) in [5, 5.41) is 13.4. The number of ether oxygens (including phenoxy) is 2. The molecule has 5 aromatic rings. The number of aliphatic hydroxyl groups is 1. The van der Waals surface area contributed by atoms with Crippen LogP contribution in [0.25, 0.3) is 32.8 Å². The van der Waals surface area contributed by atoms with Crippen LogP contribution < -0.4 is 9.64 Å². The van der Waals surface area contributed by atoms with Crippen LogP contribution in [0.5, 0.6) is 6.01 Å². The number of nitrogens with zero attached hydrogens (tertiary/aromatic N) is 5. The molecule has 0 amide bonds. The van der Waals surface area contributed by atoms with Crippen LogP contribution in [0.3, 0.4) is 0 Å². The van der Waals surface area contributed by atoms with E-state index in [0.717, 1.165) is 62.0 Å². The van der Waals surface area contributed by atoms with Gasteiger partial charge in [-0.05, 0) is 73.6 Å². The van der Waals surface area contributed by atoms with Crippen molar-refractivity contribution in [2.75, 3.05) is 57.4 Å². The number of aromatic nitrogens is 2. The first-order valence-corrected chi connectivity index (χ1v) is 19.0. The van der Waals surface area contributed by atoms with Crippen molar-refractivity contribution in [1.29, 1.82) is 0 Å². The monoisotopic (exact) mass is 719 g/mol. The van der Waals surface area contributed by atoms with Crippen molar-refractivity contribution < 1.29 is 23.4 Å². The van der Waals surface area contributed by atoms with Gasteiger partial charge in [0.25, 0.3) is 0 Å². The highest BCUT2D eigenvalue weighted by Crippen LogP contribution is 2.48. The van der Waals surface area contributed by atoms with Crippen LogP contribution in [0.1, 0.15) is 44.2 Å². The van der Waals surface area contributed by atoms with Crippen LogP contribution >= 0.6 is 0 Å². The van der Waals surface area contributed by atoms with E-state index in [9.17, 15) is 5.11 Å². The fraction of sp³-hybridized carbons (Fsp3) is 0.442. The highest BCUT2D eigenvalue weighted by Gasteiger charge is 2.52. The standard InChI is InChI=1S/C43H47F2N5O3/c1-27-19-28-9-7-8-12-31(28)32(20-27)37-34(44)22-33-39(38(37)45)46-41(53-26-43(13-14-43)25-48-15-17-52-18-16-48)47-40(33)49-23-30-21-36(51)35(24-49)50(30)42(2,3)29-10-5-4-6-11-29/h4-12,19-20,22,30,35-36,51H,13-18,21,23-26H2,1-3H3. The molecule has 1 saturated carbocycles. The zero-order chi connectivity index (χ0) is 36.5. The van der Waals surface area contributed by atoms with Crippen LogP contribution in [0.2, 0.25) is 0 Å². The first-order chi connectivity index (χ1) is 25.6. The third-order valence-electron chi connectivity index (χ3n) is 12.2. The van der Waals surface area contributed by atoms with Crippen molar-refractivity contribution in [2.45, 2.75) is 63.8 Å². The number of benzene rings is 4. The van der Waals surface area contributed by atoms with Gasteiger partial charge in [0.2, 0.25) is 0 Å². The summed E-state index contributed by atoms with van der Waals surface area (Å²) < 4.78 is 45.7. The molecule has 0 spiro atoms. The van der Waals surface area contributed by atoms with Gasteiger partial charge in [0, 0.05) is 55.1 Å². The smallest absolute Gasteiger partial charge is 0.319 e. The molecule has 4 aliphatic rings. The molecular weight excluding hydrogens is 673 g/mol. The number of anilines is 1. The summed E-state index contributed by atoms with van der Waals surface area (Å²) in [7, 11) is 0. The summed E-state index contributed by atoms with van der Waals surface area (Å²) >= 11 is 0. The lowest BCUT2D eigenvalue weighted by Crippen LogP contribution is -2.61. The van der Waals surface area contributed by atoms with Crippen LogP contribution in [-0.4, -0.2) is 95.6 Å². The Morgan fingerprint density at radius 3 is 2.45 bits per heavy atom. The van der Waals surface area contributed by atoms with E-state index in [1.165, 1.54) is 11.6 Å². The predicted molar refractivity (Wildman–Crippen MR) is 203 cm³/mol. The Kier molecular flexibility index (Phi) is 8.65. The average Bonchev–Trinajstić information content (AvgIpc) is 3.88. The molecule has 1 aliphatic carbocycles. The summed E-state index contributed by atoms with van der Waals surface area (Å²) in [5.41, 5.74) is 2.14. The fourth-order valence-electron chi connectivity index (χ4n) is 9.33. The predicted octanol–water partition coefficient (Wildman–Crippen LogP) is 7.09. The fourth-order valence-corrected chi connectivity index (χ4v) is 9.33. The molecule has 3 unspecified atom stereocenters. The maximum absolute atomic E-state index is 17.2. The number of halogens is 2. The van der Waals surface area contributed by atoms with Crippen molar-refractivity contribution in [1.82, 2.24) is 19.8 Å². The lowest BCUT2D eigenvalue weighted by molar-refractivity contribution is 0.0219. The molecule has 4 aromatic carbocycles. The molecule has 3 saturated heterocycles. The number of aliphatic hydroxyl groups excluding tert-OH is 1. The van der Waals surface area contributed by atoms with Crippen molar-refractivity contribution in [3.05, 3.63) is 95.6 Å². The molecule has 1 aromatic heterocycles. The largest absolute Gasteiger partial charge is 0.463 e. The van der Waals surface area contributed by atoms with E-state index in [-0.39, 0.29) is 40.1 Å². The van der Waals surface area contributed by atoms with Crippen molar-refractivity contribution >= 4 is 27.5 Å². The van der Waals surface area contributed by atoms with Gasteiger partial charge in [0.05, 0.1) is 37.5 Å². The average molecular weight is 720 g/mol. The second-order valence-corrected chi connectivity index (χ2v) is 16.2. The Morgan fingerprint density at radius 1 is 0.943 bits per heavy atom. The highest BCUT2D eigenvalue weighted by atomic mass is 19.1. The van der Waals surface area contributed by atoms with E-state index in [0.29, 0.717) is 42.9 Å². The number of hydrogen-bond donors (Lipinski definition) is 1. The second-order valence-electron chi connectivity index (χ2n) is 16.2. The van der Waals surface area contributed by atoms with Crippen LogP contribution in [0.4, 0.5) is 14.6 Å². The van der Waals surface area contributed by atoms with Gasteiger partial charge in [0.1, 0.15) is 17.2 Å². The van der Waals surface area contributed by atoms with Gasteiger partial charge in [-0.3, -0.25) is 9.80 Å². The van der Waals surface area contributed by atoms with Gasteiger partial charge in [0.15, 0.2) is 5.82 Å². The Labute approximate surface area is 309 Å². The minimum absolute atomic E-state index is 0.00998. The molecule has 276 valence electrons. The van der Waals surface area contributed by atoms with Crippen molar-refractivity contribution in [3.63, 3.8) is 0 Å². The number of rotatable bonds is 9. The summed E-state index contributed by atoms with van der Waals surface area (Å²) in [6.07, 6.45) is 2.12. The summed E-state index contributed by atoms with van der Waals surface area (Å²) in [4.78, 5) is 16.6. The van der Waals surface area contributed by atoms with Crippen LogP contribution in [0.15, 0.2) is 72.8 Å². The molecule has 1 N–H and O–H groups in total. The minimum atomic E-state index is -0.731. The normalized spacial score (nSPS) is 23.2. The van der Waals surface area contributed by atoms with Gasteiger partial charge in [-0.2, -0.15) is 9.97 Å². The van der Waals surface area contributed by atoms with E-state index in [1.807, 2.05) is 61.5 Å². The van der Waals surface area contributed by atoms with Gasteiger partial charge in [-0.15, -0.1) is 0 Å². The number of aryl methyl sites for hydroxylation is 1. The third kappa shape index (κ3) is 6.23. The van der Waals surface area contributed by atoms with Gasteiger partial charge in [-0.25, -0.2) is 8.78 Å². The molecule has 10 heteroatoms. The van der Waals surface area contributed by atoms with Gasteiger partial charge >= 0.3 is 6.01 Å². The maximum Gasteiger partial charge on any atom is 0.319 e. The summed E-state index contributed by atoms with van der Waals surface area (Å²) in [6, 6.07) is 23.2. The van der Waals surface area contributed by atoms with E-state index in [2.05, 4.69) is 40.7 Å². The first kappa shape index (κ1) is 34.5. The van der Waals surface area contributed by atoms with E-state index in [1.54, 1.807) is 0 Å². The Balaban J connectivity index is 1.12. The SMILES string of the molecule is Cc1cc(-c2c(F)cc3c(N4CC5CC(O)C(C4)N5C(C)(C)c4ccccc4)nc(OCC4(CN5CCOCC5)CC4)nc3c2F)c2ccccc2c1. The van der Waals surface area contributed by atoms with Crippen LogP contribution in [0, 0.1) is 24.0 Å². The van der Waals surface area contributed by atoms with E-state index < -0.39 is 17.7 Å². The lowest BCUT2D eigenvalue weighted by atomic mass is 9.89. The number of morpholine rings is 1. The first-order valence-electron chi connectivity index (χ1n) is 19.0. The van der Waals surface area contributed by atoms with Crippen molar-refractivity contribution in [3.8, 4) is 17.1 Å². The molecule has 3 aliphatic heterocycles. The van der Waals surface area contributed by atoms with Crippen LogP contribution in [-0.2, 0) is 10.3 Å². The zero-order valence-electron chi connectivity index (χ0n) is 30.7. The second kappa shape index (κ2) is 13.3. The Hall–Kier alpha value is -4.22. The molecule has 0 radical (unpaired) electrons. The molecule has 3 atom stereocenters. The maximum atomic E-state index is 17.2. The highest BCUT2D eigenvalue weighted by molar-refractivity contribution is 6.01. The molecular formula is C43H47F2N5O3. The summed E-state index contributed by atoms with van der Waals surface area (Å²) in [6.45, 7) is 11.9. The van der Waals surface area contributed by atoms with Gasteiger partial charge < -0.3 is 19.5 Å². The molecule has 8 nitrogen and oxygen atoms in total. The quantitative estimate of drug-likeness (QED) is 0.173. The zero-order valence-corrected chi connectivity index (χ0v) is 30.7. The minimum Gasteiger partial charge on any atom is -0.463 e. The third-order valence-corrected chi connectivity index (χ3v) is 12.2. The number of hydrogen-bond acceptors (Lipinski definition) is 8. The Bertz CT molecular complexity index is 2170. The molecule has 53 heavy (non-hydrogen) atoms. The van der Waals surface area contributed by atoms with Crippen molar-refractivity contribution in [2.24, 2.45) is 5.41 Å². The molecule has 4 fully saturated rings. The topological polar surface area (TPSA) is 74.2 Å². The molecule has 9 rings (SSSR count). The van der Waals surface area contributed by atoms with E-state index >= 15 is 8.78 Å². The van der Waals surface area contributed by atoms with E-state index in [4.69, 9.17) is 19.4 Å².